The van der Waals surface area contributed by atoms with Crippen LogP contribution in [0.2, 0.25) is 0 Å². The molecule has 74 valence electrons. The van der Waals surface area contributed by atoms with Crippen molar-refractivity contribution < 1.29 is 9.53 Å². The zero-order chi connectivity index (χ0) is 10.2. The van der Waals surface area contributed by atoms with Gasteiger partial charge in [0, 0.05) is 5.92 Å². The van der Waals surface area contributed by atoms with E-state index in [1.165, 1.54) is 7.11 Å². The quantitative estimate of drug-likeness (QED) is 0.711. The standard InChI is InChI=1S/C11H13NO2/c1-14-10(13)11(12)7-9(11)8-5-3-2-4-6-8/h2-6,9H,7,12H2,1H3/t9-,11+/m0/s1. The number of nitrogens with two attached hydrogens (primary N) is 1. The van der Waals surface area contributed by atoms with Crippen LogP contribution in [0.3, 0.4) is 0 Å². The largest absolute Gasteiger partial charge is 0.468 e. The summed E-state index contributed by atoms with van der Waals surface area (Å²) in [6.45, 7) is 0. The van der Waals surface area contributed by atoms with Gasteiger partial charge in [0.1, 0.15) is 5.54 Å². The number of esters is 1. The average molecular weight is 191 g/mol. The van der Waals surface area contributed by atoms with Crippen LogP contribution >= 0.6 is 0 Å². The van der Waals surface area contributed by atoms with Crippen LogP contribution in [0.25, 0.3) is 0 Å². The number of rotatable bonds is 2. The highest BCUT2D eigenvalue weighted by Crippen LogP contribution is 2.49. The molecule has 2 N–H and O–H groups in total. The molecule has 14 heavy (non-hydrogen) atoms. The topological polar surface area (TPSA) is 52.3 Å². The molecular formula is C11H13NO2. The fraction of sp³-hybridized carbons (Fsp3) is 0.364. The zero-order valence-electron chi connectivity index (χ0n) is 8.07. The molecule has 1 aliphatic rings. The lowest BCUT2D eigenvalue weighted by Gasteiger charge is -2.08. The Kier molecular flexibility index (Phi) is 2.04. The Morgan fingerprint density at radius 2 is 2.14 bits per heavy atom. The molecule has 3 heteroatoms. The molecule has 0 radical (unpaired) electrons. The smallest absolute Gasteiger partial charge is 0.326 e. The number of hydrogen-bond acceptors (Lipinski definition) is 3. The Labute approximate surface area is 82.9 Å². The Morgan fingerprint density at radius 1 is 1.50 bits per heavy atom. The molecule has 1 aliphatic carbocycles. The molecule has 0 saturated heterocycles. The van der Waals surface area contributed by atoms with Gasteiger partial charge in [-0.1, -0.05) is 30.3 Å². The van der Waals surface area contributed by atoms with Gasteiger partial charge in [-0.05, 0) is 12.0 Å². The van der Waals surface area contributed by atoms with Crippen LogP contribution in [-0.2, 0) is 9.53 Å². The summed E-state index contributed by atoms with van der Waals surface area (Å²) < 4.78 is 4.66. The molecule has 0 aromatic heterocycles. The zero-order valence-corrected chi connectivity index (χ0v) is 8.07. The van der Waals surface area contributed by atoms with Gasteiger partial charge in [-0.3, -0.25) is 4.79 Å². The van der Waals surface area contributed by atoms with Crippen LogP contribution in [0.15, 0.2) is 30.3 Å². The molecule has 0 spiro atoms. The third-order valence-electron chi connectivity index (χ3n) is 2.77. The van der Waals surface area contributed by atoms with Gasteiger partial charge < -0.3 is 10.5 Å². The lowest BCUT2D eigenvalue weighted by Crippen LogP contribution is -2.35. The highest BCUT2D eigenvalue weighted by Gasteiger charge is 2.58. The van der Waals surface area contributed by atoms with Crippen LogP contribution in [0.4, 0.5) is 0 Å². The molecule has 0 amide bonds. The maximum Gasteiger partial charge on any atom is 0.326 e. The number of carbonyl (C=O) groups is 1. The Morgan fingerprint density at radius 3 is 2.71 bits per heavy atom. The van der Waals surface area contributed by atoms with Crippen molar-refractivity contribution in [3.8, 4) is 0 Å². The lowest BCUT2D eigenvalue weighted by molar-refractivity contribution is -0.143. The van der Waals surface area contributed by atoms with Gasteiger partial charge in [0.05, 0.1) is 7.11 Å². The molecule has 1 fully saturated rings. The molecule has 2 atom stereocenters. The minimum atomic E-state index is -0.782. The first-order chi connectivity index (χ1) is 6.68. The molecule has 0 bridgehead atoms. The molecule has 0 heterocycles. The molecule has 0 aliphatic heterocycles. The van der Waals surface area contributed by atoms with Gasteiger partial charge in [0.15, 0.2) is 0 Å². The summed E-state index contributed by atoms with van der Waals surface area (Å²) in [5.74, 6) is -0.192. The fourth-order valence-corrected chi connectivity index (χ4v) is 1.80. The van der Waals surface area contributed by atoms with Crippen molar-refractivity contribution in [3.05, 3.63) is 35.9 Å². The Balaban J connectivity index is 2.16. The summed E-state index contributed by atoms with van der Waals surface area (Å²) in [5, 5.41) is 0. The fourth-order valence-electron chi connectivity index (χ4n) is 1.80. The predicted molar refractivity (Wildman–Crippen MR) is 52.7 cm³/mol. The van der Waals surface area contributed by atoms with E-state index < -0.39 is 5.54 Å². The highest BCUT2D eigenvalue weighted by molar-refractivity contribution is 5.86. The van der Waals surface area contributed by atoms with E-state index in [1.807, 2.05) is 30.3 Å². The Bertz CT molecular complexity index is 350. The second kappa shape index (κ2) is 3.10. The van der Waals surface area contributed by atoms with Gasteiger partial charge in [-0.2, -0.15) is 0 Å². The van der Waals surface area contributed by atoms with E-state index in [4.69, 9.17) is 5.73 Å². The van der Waals surface area contributed by atoms with Crippen molar-refractivity contribution in [3.63, 3.8) is 0 Å². The van der Waals surface area contributed by atoms with E-state index in [0.29, 0.717) is 6.42 Å². The normalized spacial score (nSPS) is 29.7. The first-order valence-electron chi connectivity index (χ1n) is 4.61. The van der Waals surface area contributed by atoms with E-state index in [0.717, 1.165) is 5.56 Å². The van der Waals surface area contributed by atoms with Crippen LogP contribution in [0.5, 0.6) is 0 Å². The maximum absolute atomic E-state index is 11.3. The second-order valence-corrected chi connectivity index (χ2v) is 3.70. The van der Waals surface area contributed by atoms with Crippen molar-refractivity contribution in [2.75, 3.05) is 7.11 Å². The van der Waals surface area contributed by atoms with Crippen molar-refractivity contribution in [1.29, 1.82) is 0 Å². The number of benzene rings is 1. The number of carbonyl (C=O) groups excluding carboxylic acids is 1. The van der Waals surface area contributed by atoms with E-state index in [1.54, 1.807) is 0 Å². The monoisotopic (exact) mass is 191 g/mol. The second-order valence-electron chi connectivity index (χ2n) is 3.70. The first kappa shape index (κ1) is 9.21. The number of methoxy groups -OCH3 is 1. The third kappa shape index (κ3) is 1.30. The SMILES string of the molecule is COC(=O)[C@@]1(N)C[C@H]1c1ccccc1. The molecule has 0 unspecified atom stereocenters. The van der Waals surface area contributed by atoms with Crippen molar-refractivity contribution in [1.82, 2.24) is 0 Å². The minimum absolute atomic E-state index is 0.121. The first-order valence-corrected chi connectivity index (χ1v) is 4.61. The average Bonchev–Trinajstić information content (AvgIpc) is 2.92. The summed E-state index contributed by atoms with van der Waals surface area (Å²) in [6, 6.07) is 9.82. The van der Waals surface area contributed by atoms with Gasteiger partial charge in [-0.25, -0.2) is 0 Å². The highest BCUT2D eigenvalue weighted by atomic mass is 16.5. The molecule has 2 rings (SSSR count). The molecular weight excluding hydrogens is 178 g/mol. The minimum Gasteiger partial charge on any atom is -0.468 e. The van der Waals surface area contributed by atoms with Gasteiger partial charge in [-0.15, -0.1) is 0 Å². The third-order valence-corrected chi connectivity index (χ3v) is 2.77. The predicted octanol–water partition coefficient (Wildman–Crippen LogP) is 1.04. The summed E-state index contributed by atoms with van der Waals surface area (Å²) in [7, 11) is 1.37. The van der Waals surface area contributed by atoms with Crippen LogP contribution in [0, 0.1) is 0 Å². The van der Waals surface area contributed by atoms with Gasteiger partial charge in [0.2, 0.25) is 0 Å². The Hall–Kier alpha value is -1.35. The summed E-state index contributed by atoms with van der Waals surface area (Å²) in [5.41, 5.74) is 6.23. The van der Waals surface area contributed by atoms with Crippen LogP contribution < -0.4 is 5.73 Å². The molecule has 3 nitrogen and oxygen atoms in total. The van der Waals surface area contributed by atoms with Crippen molar-refractivity contribution in [2.24, 2.45) is 5.73 Å². The summed E-state index contributed by atoms with van der Waals surface area (Å²) >= 11 is 0. The molecule has 1 saturated carbocycles. The summed E-state index contributed by atoms with van der Waals surface area (Å²) in [4.78, 5) is 11.3. The lowest BCUT2D eigenvalue weighted by atomic mass is 10.1. The number of hydrogen-bond donors (Lipinski definition) is 1. The number of ether oxygens (including phenoxy) is 1. The van der Waals surface area contributed by atoms with E-state index in [2.05, 4.69) is 4.74 Å². The molecule has 1 aromatic carbocycles. The van der Waals surface area contributed by atoms with Gasteiger partial charge in [0.25, 0.3) is 0 Å². The molecule has 1 aromatic rings. The van der Waals surface area contributed by atoms with E-state index in [-0.39, 0.29) is 11.9 Å². The summed E-state index contributed by atoms with van der Waals surface area (Å²) in [6.07, 6.45) is 0.684. The van der Waals surface area contributed by atoms with E-state index in [9.17, 15) is 4.79 Å². The van der Waals surface area contributed by atoms with Crippen molar-refractivity contribution in [2.45, 2.75) is 17.9 Å². The van der Waals surface area contributed by atoms with Crippen LogP contribution in [0.1, 0.15) is 17.9 Å². The van der Waals surface area contributed by atoms with Gasteiger partial charge >= 0.3 is 5.97 Å². The van der Waals surface area contributed by atoms with E-state index >= 15 is 0 Å². The van der Waals surface area contributed by atoms with Crippen LogP contribution in [-0.4, -0.2) is 18.6 Å². The van der Waals surface area contributed by atoms with Crippen molar-refractivity contribution >= 4 is 5.97 Å². The maximum atomic E-state index is 11.3.